The first-order valence-corrected chi connectivity index (χ1v) is 7.08. The van der Waals surface area contributed by atoms with Gasteiger partial charge in [-0.25, -0.2) is 14.4 Å². The second-order valence-corrected chi connectivity index (χ2v) is 5.64. The molecule has 0 radical (unpaired) electrons. The summed E-state index contributed by atoms with van der Waals surface area (Å²) in [6.07, 6.45) is 5.26. The molecule has 1 aliphatic carbocycles. The second-order valence-electron chi connectivity index (χ2n) is 4.36. The van der Waals surface area contributed by atoms with Crippen molar-refractivity contribution in [1.82, 2.24) is 9.97 Å². The predicted molar refractivity (Wildman–Crippen MR) is 69.8 cm³/mol. The van der Waals surface area contributed by atoms with Crippen LogP contribution in [0.2, 0.25) is 0 Å². The number of aromatic nitrogens is 2. The number of aryl methyl sites for hydroxylation is 1. The molecule has 0 spiro atoms. The van der Waals surface area contributed by atoms with Gasteiger partial charge in [0.15, 0.2) is 11.6 Å². The quantitative estimate of drug-likeness (QED) is 0.897. The lowest BCUT2D eigenvalue weighted by Gasteiger charge is -2.10. The van der Waals surface area contributed by atoms with Crippen LogP contribution in [-0.2, 0) is 5.75 Å². The van der Waals surface area contributed by atoms with Crippen LogP contribution in [0.4, 0.5) is 10.2 Å². The van der Waals surface area contributed by atoms with Gasteiger partial charge in [0.1, 0.15) is 5.82 Å². The van der Waals surface area contributed by atoms with E-state index in [0.29, 0.717) is 11.5 Å². The minimum absolute atomic E-state index is 0.305. The highest BCUT2D eigenvalue weighted by Crippen LogP contribution is 2.31. The van der Waals surface area contributed by atoms with Gasteiger partial charge in [0.05, 0.1) is 11.4 Å². The molecule has 1 heterocycles. The zero-order valence-corrected chi connectivity index (χ0v) is 11.1. The van der Waals surface area contributed by atoms with Crippen LogP contribution < -0.4 is 5.32 Å². The SMILES string of the molecule is CNc1nc(CSC2CCCC2)nc(C)c1F. The number of anilines is 1. The first-order valence-electron chi connectivity index (χ1n) is 6.03. The van der Waals surface area contributed by atoms with Gasteiger partial charge in [0.25, 0.3) is 0 Å². The highest BCUT2D eigenvalue weighted by molar-refractivity contribution is 7.99. The van der Waals surface area contributed by atoms with Crippen LogP contribution in [0, 0.1) is 12.7 Å². The summed E-state index contributed by atoms with van der Waals surface area (Å²) in [5.74, 6) is 1.47. The summed E-state index contributed by atoms with van der Waals surface area (Å²) in [5, 5.41) is 3.51. The average Bonchev–Trinajstić information content (AvgIpc) is 2.83. The van der Waals surface area contributed by atoms with Crippen molar-refractivity contribution >= 4 is 17.6 Å². The molecular formula is C12H18FN3S. The monoisotopic (exact) mass is 255 g/mol. The van der Waals surface area contributed by atoms with Crippen molar-refractivity contribution in [3.8, 4) is 0 Å². The van der Waals surface area contributed by atoms with Gasteiger partial charge in [-0.3, -0.25) is 0 Å². The van der Waals surface area contributed by atoms with E-state index in [1.54, 1.807) is 14.0 Å². The van der Waals surface area contributed by atoms with E-state index in [1.165, 1.54) is 25.7 Å². The van der Waals surface area contributed by atoms with Crippen molar-refractivity contribution in [3.05, 3.63) is 17.3 Å². The molecule has 5 heteroatoms. The molecule has 0 saturated heterocycles. The Morgan fingerprint density at radius 3 is 2.71 bits per heavy atom. The molecule has 0 aliphatic heterocycles. The predicted octanol–water partition coefficient (Wildman–Crippen LogP) is 3.14. The molecule has 1 aromatic rings. The fourth-order valence-corrected chi connectivity index (χ4v) is 3.28. The molecule has 1 fully saturated rings. The number of halogens is 1. The van der Waals surface area contributed by atoms with Gasteiger partial charge in [-0.2, -0.15) is 11.8 Å². The molecule has 0 amide bonds. The Morgan fingerprint density at radius 2 is 2.06 bits per heavy atom. The highest BCUT2D eigenvalue weighted by atomic mass is 32.2. The van der Waals surface area contributed by atoms with Gasteiger partial charge in [-0.05, 0) is 19.8 Å². The number of hydrogen-bond donors (Lipinski definition) is 1. The highest BCUT2D eigenvalue weighted by Gasteiger charge is 2.17. The fraction of sp³-hybridized carbons (Fsp3) is 0.667. The van der Waals surface area contributed by atoms with E-state index in [0.717, 1.165) is 16.8 Å². The average molecular weight is 255 g/mol. The topological polar surface area (TPSA) is 37.8 Å². The third-order valence-corrected chi connectivity index (χ3v) is 4.42. The lowest BCUT2D eigenvalue weighted by molar-refractivity contribution is 0.603. The fourth-order valence-electron chi connectivity index (χ4n) is 2.09. The summed E-state index contributed by atoms with van der Waals surface area (Å²) in [5.41, 5.74) is 0.423. The first-order chi connectivity index (χ1) is 8.20. The van der Waals surface area contributed by atoms with Crippen LogP contribution in [0.1, 0.15) is 37.2 Å². The van der Waals surface area contributed by atoms with Gasteiger partial charge in [-0.1, -0.05) is 12.8 Å². The van der Waals surface area contributed by atoms with Crippen LogP contribution in [0.25, 0.3) is 0 Å². The van der Waals surface area contributed by atoms with Crippen molar-refractivity contribution in [2.75, 3.05) is 12.4 Å². The molecule has 1 saturated carbocycles. The summed E-state index contributed by atoms with van der Waals surface area (Å²) in [6, 6.07) is 0. The number of rotatable bonds is 4. The summed E-state index contributed by atoms with van der Waals surface area (Å²) in [7, 11) is 1.68. The summed E-state index contributed by atoms with van der Waals surface area (Å²) < 4.78 is 13.5. The minimum atomic E-state index is -0.345. The van der Waals surface area contributed by atoms with Crippen LogP contribution >= 0.6 is 11.8 Å². The number of nitrogens with one attached hydrogen (secondary N) is 1. The van der Waals surface area contributed by atoms with E-state index in [-0.39, 0.29) is 5.82 Å². The molecule has 0 atom stereocenters. The van der Waals surface area contributed by atoms with E-state index in [1.807, 2.05) is 11.8 Å². The molecule has 1 N–H and O–H groups in total. The Labute approximate surface area is 106 Å². The maximum Gasteiger partial charge on any atom is 0.186 e. The van der Waals surface area contributed by atoms with Gasteiger partial charge in [0.2, 0.25) is 0 Å². The zero-order valence-electron chi connectivity index (χ0n) is 10.3. The Bertz CT molecular complexity index is 392. The van der Waals surface area contributed by atoms with Crippen molar-refractivity contribution in [3.63, 3.8) is 0 Å². The summed E-state index contributed by atoms with van der Waals surface area (Å²) in [6.45, 7) is 1.68. The number of nitrogens with zero attached hydrogens (tertiary/aromatic N) is 2. The third kappa shape index (κ3) is 3.09. The van der Waals surface area contributed by atoms with Crippen molar-refractivity contribution < 1.29 is 4.39 Å². The standard InChI is InChI=1S/C12H18FN3S/c1-8-11(13)12(14-2)16-10(15-8)7-17-9-5-3-4-6-9/h9H,3-7H2,1-2H3,(H,14,15,16). The minimum Gasteiger partial charge on any atom is -0.371 e. The van der Waals surface area contributed by atoms with E-state index in [2.05, 4.69) is 15.3 Å². The van der Waals surface area contributed by atoms with E-state index in [9.17, 15) is 4.39 Å². The normalized spacial score (nSPS) is 16.4. The Hall–Kier alpha value is -0.840. The van der Waals surface area contributed by atoms with Crippen molar-refractivity contribution in [1.29, 1.82) is 0 Å². The van der Waals surface area contributed by atoms with Crippen LogP contribution in [-0.4, -0.2) is 22.3 Å². The molecule has 94 valence electrons. The van der Waals surface area contributed by atoms with E-state index < -0.39 is 0 Å². The van der Waals surface area contributed by atoms with Gasteiger partial charge in [0, 0.05) is 12.3 Å². The molecule has 1 aliphatic rings. The van der Waals surface area contributed by atoms with Crippen LogP contribution in [0.15, 0.2) is 0 Å². The van der Waals surface area contributed by atoms with E-state index in [4.69, 9.17) is 0 Å². The molecule has 0 bridgehead atoms. The van der Waals surface area contributed by atoms with Crippen molar-refractivity contribution in [2.24, 2.45) is 0 Å². The maximum absolute atomic E-state index is 13.5. The van der Waals surface area contributed by atoms with Gasteiger partial charge < -0.3 is 5.32 Å². The first kappa shape index (κ1) is 12.6. The van der Waals surface area contributed by atoms with E-state index >= 15 is 0 Å². The lowest BCUT2D eigenvalue weighted by atomic mass is 10.4. The molecule has 2 rings (SSSR count). The summed E-state index contributed by atoms with van der Waals surface area (Å²) >= 11 is 1.90. The molecule has 0 aromatic carbocycles. The van der Waals surface area contributed by atoms with Crippen LogP contribution in [0.3, 0.4) is 0 Å². The third-order valence-electron chi connectivity index (χ3n) is 3.05. The molecular weight excluding hydrogens is 237 g/mol. The molecule has 17 heavy (non-hydrogen) atoms. The molecule has 3 nitrogen and oxygen atoms in total. The maximum atomic E-state index is 13.5. The molecule has 1 aromatic heterocycles. The molecule has 0 unspecified atom stereocenters. The Kier molecular flexibility index (Phi) is 4.20. The summed E-state index contributed by atoms with van der Waals surface area (Å²) in [4.78, 5) is 8.39. The largest absolute Gasteiger partial charge is 0.371 e. The number of hydrogen-bond acceptors (Lipinski definition) is 4. The zero-order chi connectivity index (χ0) is 12.3. The van der Waals surface area contributed by atoms with Crippen molar-refractivity contribution in [2.45, 2.75) is 43.6 Å². The van der Waals surface area contributed by atoms with Gasteiger partial charge in [-0.15, -0.1) is 0 Å². The smallest absolute Gasteiger partial charge is 0.186 e. The lowest BCUT2D eigenvalue weighted by Crippen LogP contribution is -2.06. The number of thioether (sulfide) groups is 1. The Morgan fingerprint density at radius 1 is 1.35 bits per heavy atom. The second kappa shape index (κ2) is 5.67. The van der Waals surface area contributed by atoms with Crippen LogP contribution in [0.5, 0.6) is 0 Å². The Balaban J connectivity index is 2.02. The van der Waals surface area contributed by atoms with Gasteiger partial charge >= 0.3 is 0 Å².